The van der Waals surface area contributed by atoms with E-state index >= 15 is 0 Å². The van der Waals surface area contributed by atoms with E-state index in [-0.39, 0.29) is 0 Å². The van der Waals surface area contributed by atoms with Crippen molar-refractivity contribution in [3.63, 3.8) is 0 Å². The minimum absolute atomic E-state index is 0.503. The van der Waals surface area contributed by atoms with E-state index in [1.54, 1.807) is 0 Å². The topological polar surface area (TPSA) is 64.9 Å². The molecule has 0 unspecified atom stereocenters. The summed E-state index contributed by atoms with van der Waals surface area (Å²) in [6.45, 7) is 4.04. The van der Waals surface area contributed by atoms with Crippen LogP contribution in [0.15, 0.2) is 34.2 Å². The first-order valence-electron chi connectivity index (χ1n) is 6.35. The van der Waals surface area contributed by atoms with Crippen LogP contribution in [-0.2, 0) is 6.42 Å². The van der Waals surface area contributed by atoms with Gasteiger partial charge in [-0.3, -0.25) is 0 Å². The zero-order valence-corrected chi connectivity index (χ0v) is 12.2. The van der Waals surface area contributed by atoms with Gasteiger partial charge >= 0.3 is 0 Å². The first-order chi connectivity index (χ1) is 9.63. The van der Waals surface area contributed by atoms with Gasteiger partial charge in [-0.1, -0.05) is 35.0 Å². The van der Waals surface area contributed by atoms with Crippen molar-refractivity contribution in [1.82, 2.24) is 10.1 Å². The highest BCUT2D eigenvalue weighted by molar-refractivity contribution is 7.14. The maximum atomic E-state index is 6.00. The van der Waals surface area contributed by atoms with E-state index in [1.807, 2.05) is 12.3 Å². The highest BCUT2D eigenvalue weighted by Gasteiger charge is 2.15. The average molecular weight is 285 g/mol. The highest BCUT2D eigenvalue weighted by atomic mass is 32.1. The molecule has 5 heteroatoms. The Morgan fingerprint density at radius 3 is 2.60 bits per heavy atom. The number of hydrogen-bond acceptors (Lipinski definition) is 5. The lowest BCUT2D eigenvalue weighted by Gasteiger charge is -1.97. The molecular weight excluding hydrogens is 270 g/mol. The summed E-state index contributed by atoms with van der Waals surface area (Å²) in [6.07, 6.45) is 0.661. The Labute approximate surface area is 121 Å². The monoisotopic (exact) mass is 285 g/mol. The molecule has 20 heavy (non-hydrogen) atoms. The van der Waals surface area contributed by atoms with Gasteiger partial charge in [0.15, 0.2) is 5.82 Å². The lowest BCUT2D eigenvalue weighted by atomic mass is 10.1. The molecule has 0 bridgehead atoms. The molecule has 0 fully saturated rings. The molecular formula is C15H15N3OS. The second-order valence-electron chi connectivity index (χ2n) is 4.84. The number of benzene rings is 1. The Balaban J connectivity index is 1.83. The number of nitrogens with two attached hydrogens (primary N) is 1. The molecule has 0 aliphatic carbocycles. The Morgan fingerprint density at radius 1 is 1.20 bits per heavy atom. The zero-order chi connectivity index (χ0) is 14.1. The van der Waals surface area contributed by atoms with Crippen LogP contribution in [0.3, 0.4) is 0 Å². The van der Waals surface area contributed by atoms with Crippen molar-refractivity contribution >= 4 is 17.0 Å². The second kappa shape index (κ2) is 5.09. The summed E-state index contributed by atoms with van der Waals surface area (Å²) in [5.41, 5.74) is 10.2. The van der Waals surface area contributed by atoms with Crippen LogP contribution in [0.4, 0.5) is 5.69 Å². The minimum atomic E-state index is 0.503. The molecule has 3 rings (SSSR count). The van der Waals surface area contributed by atoms with Gasteiger partial charge in [-0.2, -0.15) is 4.98 Å². The zero-order valence-electron chi connectivity index (χ0n) is 11.4. The van der Waals surface area contributed by atoms with Gasteiger partial charge in [-0.05, 0) is 30.4 Å². The normalized spacial score (nSPS) is 10.9. The van der Waals surface area contributed by atoms with Crippen molar-refractivity contribution in [2.45, 2.75) is 20.3 Å². The number of anilines is 1. The standard InChI is InChI=1S/C15H15N3OS/c1-9-3-5-11(6-4-9)7-12-17-15(19-18-12)14-13(16)10(2)8-20-14/h3-6,8H,7,16H2,1-2H3. The molecule has 0 amide bonds. The molecule has 3 aromatic rings. The van der Waals surface area contributed by atoms with Gasteiger partial charge < -0.3 is 10.3 Å². The largest absolute Gasteiger partial charge is 0.397 e. The smallest absolute Gasteiger partial charge is 0.270 e. The highest BCUT2D eigenvalue weighted by Crippen LogP contribution is 2.33. The maximum Gasteiger partial charge on any atom is 0.270 e. The fourth-order valence-electron chi connectivity index (χ4n) is 1.93. The number of rotatable bonds is 3. The van der Waals surface area contributed by atoms with Crippen molar-refractivity contribution in [1.29, 1.82) is 0 Å². The Bertz CT molecular complexity index is 728. The summed E-state index contributed by atoms with van der Waals surface area (Å²) in [6, 6.07) is 8.32. The number of nitrogen functional groups attached to an aromatic ring is 1. The van der Waals surface area contributed by atoms with Gasteiger partial charge in [-0.25, -0.2) is 0 Å². The molecule has 102 valence electrons. The minimum Gasteiger partial charge on any atom is -0.397 e. The summed E-state index contributed by atoms with van der Waals surface area (Å²) >= 11 is 1.53. The van der Waals surface area contributed by atoms with Crippen LogP contribution in [0.1, 0.15) is 22.5 Å². The van der Waals surface area contributed by atoms with Crippen molar-refractivity contribution in [3.8, 4) is 10.8 Å². The number of aromatic nitrogens is 2. The Hall–Kier alpha value is -2.14. The molecule has 0 spiro atoms. The molecule has 0 atom stereocenters. The molecule has 0 saturated carbocycles. The third kappa shape index (κ3) is 2.44. The van der Waals surface area contributed by atoms with E-state index in [0.717, 1.165) is 16.1 Å². The van der Waals surface area contributed by atoms with Crippen LogP contribution in [-0.4, -0.2) is 10.1 Å². The van der Waals surface area contributed by atoms with Gasteiger partial charge in [0.05, 0.1) is 5.69 Å². The van der Waals surface area contributed by atoms with E-state index in [0.29, 0.717) is 18.1 Å². The molecule has 0 aliphatic rings. The first kappa shape index (κ1) is 12.9. The predicted molar refractivity (Wildman–Crippen MR) is 80.7 cm³/mol. The predicted octanol–water partition coefficient (Wildman–Crippen LogP) is 3.59. The van der Waals surface area contributed by atoms with Gasteiger partial charge in [0, 0.05) is 6.42 Å². The number of nitrogens with zero attached hydrogens (tertiary/aromatic N) is 2. The number of thiophene rings is 1. The molecule has 2 aromatic heterocycles. The fourth-order valence-corrected chi connectivity index (χ4v) is 2.82. The molecule has 0 radical (unpaired) electrons. The molecule has 4 nitrogen and oxygen atoms in total. The summed E-state index contributed by atoms with van der Waals surface area (Å²) < 4.78 is 5.31. The van der Waals surface area contributed by atoms with Gasteiger partial charge in [0.2, 0.25) is 0 Å². The maximum absolute atomic E-state index is 6.00. The number of aryl methyl sites for hydroxylation is 2. The molecule has 1 aromatic carbocycles. The van der Waals surface area contributed by atoms with E-state index < -0.39 is 0 Å². The van der Waals surface area contributed by atoms with Crippen LogP contribution >= 0.6 is 11.3 Å². The summed E-state index contributed by atoms with van der Waals surface area (Å²) in [5, 5.41) is 6.02. The van der Waals surface area contributed by atoms with Crippen LogP contribution in [0.25, 0.3) is 10.8 Å². The molecule has 0 saturated heterocycles. The second-order valence-corrected chi connectivity index (χ2v) is 5.72. The van der Waals surface area contributed by atoms with Crippen LogP contribution in [0, 0.1) is 13.8 Å². The number of hydrogen-bond donors (Lipinski definition) is 1. The van der Waals surface area contributed by atoms with E-state index in [9.17, 15) is 0 Å². The third-order valence-corrected chi connectivity index (χ3v) is 4.27. The van der Waals surface area contributed by atoms with Crippen molar-refractivity contribution in [2.24, 2.45) is 0 Å². The lowest BCUT2D eigenvalue weighted by Crippen LogP contribution is -1.91. The van der Waals surface area contributed by atoms with E-state index in [1.165, 1.54) is 22.5 Å². The fraction of sp³-hybridized carbons (Fsp3) is 0.200. The summed E-state index contributed by atoms with van der Waals surface area (Å²) in [4.78, 5) is 5.28. The average Bonchev–Trinajstić information content (AvgIpc) is 3.01. The van der Waals surface area contributed by atoms with Crippen LogP contribution < -0.4 is 5.73 Å². The quantitative estimate of drug-likeness (QED) is 0.798. The van der Waals surface area contributed by atoms with Crippen molar-refractivity contribution in [2.75, 3.05) is 5.73 Å². The van der Waals surface area contributed by atoms with E-state index in [4.69, 9.17) is 10.3 Å². The SMILES string of the molecule is Cc1ccc(Cc2noc(-c3scc(C)c3N)n2)cc1. The van der Waals surface area contributed by atoms with Gasteiger partial charge in [-0.15, -0.1) is 11.3 Å². The van der Waals surface area contributed by atoms with Gasteiger partial charge in [0.1, 0.15) is 4.88 Å². The Kier molecular flexibility index (Phi) is 3.28. The van der Waals surface area contributed by atoms with Crippen molar-refractivity contribution < 1.29 is 4.52 Å². The van der Waals surface area contributed by atoms with Gasteiger partial charge in [0.25, 0.3) is 5.89 Å². The van der Waals surface area contributed by atoms with Crippen LogP contribution in [0.2, 0.25) is 0 Å². The summed E-state index contributed by atoms with van der Waals surface area (Å²) in [7, 11) is 0. The molecule has 2 N–H and O–H groups in total. The first-order valence-corrected chi connectivity index (χ1v) is 7.23. The van der Waals surface area contributed by atoms with Crippen molar-refractivity contribution in [3.05, 3.63) is 52.2 Å². The molecule has 2 heterocycles. The van der Waals surface area contributed by atoms with E-state index in [2.05, 4.69) is 41.3 Å². The third-order valence-electron chi connectivity index (χ3n) is 3.17. The Morgan fingerprint density at radius 2 is 1.95 bits per heavy atom. The summed E-state index contributed by atoms with van der Waals surface area (Å²) in [5.74, 6) is 1.18. The molecule has 0 aliphatic heterocycles. The van der Waals surface area contributed by atoms with Crippen LogP contribution in [0.5, 0.6) is 0 Å². The lowest BCUT2D eigenvalue weighted by molar-refractivity contribution is 0.425.